The van der Waals surface area contributed by atoms with Crippen molar-refractivity contribution in [2.45, 2.75) is 25.8 Å². The van der Waals surface area contributed by atoms with Gasteiger partial charge in [-0.25, -0.2) is 9.78 Å². The van der Waals surface area contributed by atoms with Gasteiger partial charge < -0.3 is 10.2 Å². The van der Waals surface area contributed by atoms with Crippen LogP contribution >= 0.6 is 11.3 Å². The first kappa shape index (κ1) is 16.0. The zero-order chi connectivity index (χ0) is 16.2. The third-order valence-electron chi connectivity index (χ3n) is 4.10. The fourth-order valence-electron chi connectivity index (χ4n) is 2.69. The fourth-order valence-corrected chi connectivity index (χ4v) is 3.66. The smallest absolute Gasteiger partial charge is 0.320 e. The third kappa shape index (κ3) is 4.09. The quantitative estimate of drug-likeness (QED) is 0.907. The Labute approximate surface area is 140 Å². The second-order valence-electron chi connectivity index (χ2n) is 5.98. The molecule has 5 nitrogen and oxygen atoms in total. The molecule has 1 aliphatic heterocycles. The van der Waals surface area contributed by atoms with Crippen molar-refractivity contribution in [1.29, 1.82) is 0 Å². The number of urea groups is 1. The highest BCUT2D eigenvalue weighted by Gasteiger charge is 2.19. The number of hydrogen-bond acceptors (Lipinski definition) is 4. The van der Waals surface area contributed by atoms with E-state index in [0.29, 0.717) is 0 Å². The minimum absolute atomic E-state index is 0.133. The number of piperidine rings is 1. The van der Waals surface area contributed by atoms with Crippen LogP contribution in [0.4, 0.5) is 9.80 Å². The van der Waals surface area contributed by atoms with Gasteiger partial charge in [0.2, 0.25) is 0 Å². The van der Waals surface area contributed by atoms with E-state index in [2.05, 4.69) is 27.6 Å². The van der Waals surface area contributed by atoms with Crippen molar-refractivity contribution in [3.63, 3.8) is 0 Å². The van der Waals surface area contributed by atoms with Crippen molar-refractivity contribution in [1.82, 2.24) is 15.2 Å². The first-order chi connectivity index (χ1) is 11.1. The molecule has 1 aromatic carbocycles. The topological polar surface area (TPSA) is 57.3 Å². The van der Waals surface area contributed by atoms with Gasteiger partial charge in [-0.05, 0) is 39.9 Å². The molecule has 0 saturated carbocycles. The Morgan fingerprint density at radius 1 is 1.26 bits per heavy atom. The van der Waals surface area contributed by atoms with Crippen LogP contribution in [-0.2, 0) is 0 Å². The first-order valence-corrected chi connectivity index (χ1v) is 8.72. The van der Waals surface area contributed by atoms with Crippen LogP contribution in [0.15, 0.2) is 30.3 Å². The summed E-state index contributed by atoms with van der Waals surface area (Å²) >= 11 is 1.51. The molecule has 0 aliphatic carbocycles. The molecule has 0 spiro atoms. The van der Waals surface area contributed by atoms with Crippen LogP contribution in [0.3, 0.4) is 0 Å². The van der Waals surface area contributed by atoms with E-state index in [1.54, 1.807) is 0 Å². The molecule has 2 aromatic rings. The summed E-state index contributed by atoms with van der Waals surface area (Å²) in [5.41, 5.74) is 1.93. The van der Waals surface area contributed by atoms with Gasteiger partial charge in [-0.3, -0.25) is 5.32 Å². The number of carbonyl (C=O) groups is 1. The number of thiazole rings is 1. The van der Waals surface area contributed by atoms with Crippen LogP contribution in [0.25, 0.3) is 10.6 Å². The zero-order valence-electron chi connectivity index (χ0n) is 13.5. The molecule has 0 radical (unpaired) electrons. The second kappa shape index (κ2) is 7.10. The Morgan fingerprint density at radius 2 is 1.96 bits per heavy atom. The number of rotatable bonds is 3. The molecule has 6 heteroatoms. The summed E-state index contributed by atoms with van der Waals surface area (Å²) in [7, 11) is 2.11. The monoisotopic (exact) mass is 330 g/mol. The van der Waals surface area contributed by atoms with Gasteiger partial charge in [0.05, 0.1) is 5.69 Å². The van der Waals surface area contributed by atoms with Crippen molar-refractivity contribution >= 4 is 22.4 Å². The average molecular weight is 330 g/mol. The van der Waals surface area contributed by atoms with Crippen molar-refractivity contribution in [3.05, 3.63) is 36.0 Å². The van der Waals surface area contributed by atoms with E-state index in [9.17, 15) is 4.79 Å². The molecular formula is C17H22N4OS. The van der Waals surface area contributed by atoms with Crippen LogP contribution in [0.5, 0.6) is 0 Å². The van der Waals surface area contributed by atoms with Gasteiger partial charge in [0.25, 0.3) is 0 Å². The Hall–Kier alpha value is -1.92. The SMILES string of the molecule is Cc1nc(-c2ccccc2)sc1NC(=O)NC1CCN(C)CC1. The van der Waals surface area contributed by atoms with Gasteiger partial charge in [0.1, 0.15) is 10.0 Å². The molecule has 2 heterocycles. The summed E-state index contributed by atoms with van der Waals surface area (Å²) in [6, 6.07) is 10.1. The molecule has 1 aliphatic rings. The fraction of sp³-hybridized carbons (Fsp3) is 0.412. The highest BCUT2D eigenvalue weighted by molar-refractivity contribution is 7.19. The highest BCUT2D eigenvalue weighted by atomic mass is 32.1. The number of anilines is 1. The van der Waals surface area contributed by atoms with Gasteiger partial charge in [0, 0.05) is 11.6 Å². The van der Waals surface area contributed by atoms with E-state index >= 15 is 0 Å². The number of carbonyl (C=O) groups excluding carboxylic acids is 1. The van der Waals surface area contributed by atoms with Crippen molar-refractivity contribution in [3.8, 4) is 10.6 Å². The zero-order valence-corrected chi connectivity index (χ0v) is 14.3. The van der Waals surface area contributed by atoms with Gasteiger partial charge in [-0.1, -0.05) is 41.7 Å². The maximum Gasteiger partial charge on any atom is 0.320 e. The Kier molecular flexibility index (Phi) is 4.93. The van der Waals surface area contributed by atoms with Gasteiger partial charge >= 0.3 is 6.03 Å². The van der Waals surface area contributed by atoms with Crippen molar-refractivity contribution < 1.29 is 4.79 Å². The molecule has 122 valence electrons. The van der Waals surface area contributed by atoms with Gasteiger partial charge in [-0.15, -0.1) is 0 Å². The predicted molar refractivity (Wildman–Crippen MR) is 95.0 cm³/mol. The van der Waals surface area contributed by atoms with E-state index in [4.69, 9.17) is 0 Å². The van der Waals surface area contributed by atoms with Gasteiger partial charge in [-0.2, -0.15) is 0 Å². The number of likely N-dealkylation sites (tertiary alicyclic amines) is 1. The summed E-state index contributed by atoms with van der Waals surface area (Å²) in [5.74, 6) is 0. The molecule has 0 unspecified atom stereocenters. The van der Waals surface area contributed by atoms with E-state index in [-0.39, 0.29) is 12.1 Å². The lowest BCUT2D eigenvalue weighted by Crippen LogP contribution is -2.44. The standard InChI is InChI=1S/C17H22N4OS/c1-12-15(23-16(18-12)13-6-4-3-5-7-13)20-17(22)19-14-8-10-21(2)11-9-14/h3-7,14H,8-11H2,1-2H3,(H2,19,20,22). The largest absolute Gasteiger partial charge is 0.335 e. The van der Waals surface area contributed by atoms with Crippen LogP contribution in [0.2, 0.25) is 0 Å². The number of aryl methyl sites for hydroxylation is 1. The normalized spacial score (nSPS) is 16.3. The lowest BCUT2D eigenvalue weighted by molar-refractivity contribution is 0.221. The van der Waals surface area contributed by atoms with Crippen molar-refractivity contribution in [2.24, 2.45) is 0 Å². The Balaban J connectivity index is 1.61. The number of benzene rings is 1. The molecule has 2 N–H and O–H groups in total. The minimum Gasteiger partial charge on any atom is -0.335 e. The van der Waals surface area contributed by atoms with Crippen LogP contribution in [0.1, 0.15) is 18.5 Å². The summed E-state index contributed by atoms with van der Waals surface area (Å²) in [6.07, 6.45) is 2.00. The van der Waals surface area contributed by atoms with Crippen LogP contribution in [-0.4, -0.2) is 42.1 Å². The Morgan fingerprint density at radius 3 is 2.65 bits per heavy atom. The molecule has 0 bridgehead atoms. The molecule has 2 amide bonds. The summed E-state index contributed by atoms with van der Waals surface area (Å²) in [5, 5.41) is 7.76. The van der Waals surface area contributed by atoms with E-state index < -0.39 is 0 Å². The van der Waals surface area contributed by atoms with Crippen LogP contribution in [0, 0.1) is 6.92 Å². The third-order valence-corrected chi connectivity index (χ3v) is 5.22. The highest BCUT2D eigenvalue weighted by Crippen LogP contribution is 2.31. The average Bonchev–Trinajstić information content (AvgIpc) is 2.91. The Bertz CT molecular complexity index is 662. The molecule has 1 aromatic heterocycles. The van der Waals surface area contributed by atoms with Crippen molar-refractivity contribution in [2.75, 3.05) is 25.5 Å². The molecule has 3 rings (SSSR count). The summed E-state index contributed by atoms with van der Waals surface area (Å²) < 4.78 is 0. The number of nitrogens with zero attached hydrogens (tertiary/aromatic N) is 2. The maximum atomic E-state index is 12.2. The number of aromatic nitrogens is 1. The van der Waals surface area contributed by atoms with E-state index in [1.807, 2.05) is 37.3 Å². The molecule has 0 atom stereocenters. The number of hydrogen-bond donors (Lipinski definition) is 2. The lowest BCUT2D eigenvalue weighted by atomic mass is 10.1. The molecular weight excluding hydrogens is 308 g/mol. The van der Waals surface area contributed by atoms with Crippen LogP contribution < -0.4 is 10.6 Å². The van der Waals surface area contributed by atoms with E-state index in [0.717, 1.165) is 47.2 Å². The summed E-state index contributed by atoms with van der Waals surface area (Å²) in [6.45, 7) is 3.99. The van der Waals surface area contributed by atoms with E-state index in [1.165, 1.54) is 11.3 Å². The number of amides is 2. The first-order valence-electron chi connectivity index (χ1n) is 7.91. The molecule has 23 heavy (non-hydrogen) atoms. The molecule has 1 saturated heterocycles. The maximum absolute atomic E-state index is 12.2. The molecule has 1 fully saturated rings. The number of nitrogens with one attached hydrogen (secondary N) is 2. The summed E-state index contributed by atoms with van der Waals surface area (Å²) in [4.78, 5) is 19.1. The minimum atomic E-state index is -0.133. The van der Waals surface area contributed by atoms with Gasteiger partial charge in [0.15, 0.2) is 0 Å². The lowest BCUT2D eigenvalue weighted by Gasteiger charge is -2.29. The second-order valence-corrected chi connectivity index (χ2v) is 6.97. The predicted octanol–water partition coefficient (Wildman–Crippen LogP) is 3.33.